The molecular weight excluding hydrogens is 364 g/mol. The van der Waals surface area contributed by atoms with Gasteiger partial charge in [-0.25, -0.2) is 4.79 Å². The van der Waals surface area contributed by atoms with Gasteiger partial charge in [0.2, 0.25) is 0 Å². The fourth-order valence-electron chi connectivity index (χ4n) is 3.15. The lowest BCUT2D eigenvalue weighted by atomic mass is 10.1. The minimum absolute atomic E-state index is 0.0705. The third-order valence-corrected chi connectivity index (χ3v) is 4.95. The Morgan fingerprint density at radius 1 is 0.793 bits per heavy atom. The molecule has 0 spiro atoms. The third-order valence-electron chi connectivity index (χ3n) is 4.95. The fraction of sp³-hybridized carbons (Fsp3) is 0.600. The number of benzene rings is 1. The molecule has 162 valence electrons. The molecule has 0 atom stereocenters. The van der Waals surface area contributed by atoms with Crippen LogP contribution in [0.4, 0.5) is 0 Å². The van der Waals surface area contributed by atoms with E-state index >= 15 is 0 Å². The summed E-state index contributed by atoms with van der Waals surface area (Å²) < 4.78 is 4.83. The lowest BCUT2D eigenvalue weighted by molar-refractivity contribution is -0.138. The van der Waals surface area contributed by atoms with Gasteiger partial charge in [-0.3, -0.25) is 4.79 Å². The number of carbonyl (C=O) groups is 2. The maximum Gasteiger partial charge on any atom is 0.345 e. The predicted octanol–water partition coefficient (Wildman–Crippen LogP) is 7.11. The van der Waals surface area contributed by atoms with Crippen LogP contribution in [0.1, 0.15) is 107 Å². The van der Waals surface area contributed by atoms with Crippen LogP contribution >= 0.6 is 0 Å². The molecule has 0 aliphatic heterocycles. The first-order chi connectivity index (χ1) is 14.1. The number of unbranched alkanes of at least 4 members (excludes halogenated alkanes) is 11. The van der Waals surface area contributed by atoms with Gasteiger partial charge in [-0.05, 0) is 56.4 Å². The van der Waals surface area contributed by atoms with E-state index in [9.17, 15) is 14.7 Å². The summed E-state index contributed by atoms with van der Waals surface area (Å²) >= 11 is 0. The van der Waals surface area contributed by atoms with Crippen molar-refractivity contribution in [1.29, 1.82) is 0 Å². The molecule has 0 saturated heterocycles. The molecule has 4 heteroatoms. The molecule has 1 N–H and O–H groups in total. The van der Waals surface area contributed by atoms with Crippen LogP contribution in [0.15, 0.2) is 36.4 Å². The number of ether oxygens (including phenoxy) is 1. The zero-order valence-corrected chi connectivity index (χ0v) is 18.0. The molecule has 1 aromatic carbocycles. The van der Waals surface area contributed by atoms with Gasteiger partial charge in [-0.2, -0.15) is 0 Å². The minimum atomic E-state index is -0.664. The van der Waals surface area contributed by atoms with Crippen LogP contribution in [-0.4, -0.2) is 17.0 Å². The molecule has 0 radical (unpaired) electrons. The van der Waals surface area contributed by atoms with Gasteiger partial charge in [-0.1, -0.05) is 70.4 Å². The largest absolute Gasteiger partial charge is 0.508 e. The van der Waals surface area contributed by atoms with Crippen molar-refractivity contribution in [3.05, 3.63) is 42.0 Å². The molecule has 1 rings (SSSR count). The highest BCUT2D eigenvalue weighted by Gasteiger charge is 2.12. The first-order valence-corrected chi connectivity index (χ1v) is 11.3. The molecule has 0 aromatic heterocycles. The maximum absolute atomic E-state index is 11.8. The van der Waals surface area contributed by atoms with Gasteiger partial charge in [0, 0.05) is 6.42 Å². The van der Waals surface area contributed by atoms with E-state index in [0.29, 0.717) is 0 Å². The highest BCUT2D eigenvalue weighted by molar-refractivity contribution is 5.96. The van der Waals surface area contributed by atoms with Crippen LogP contribution < -0.4 is 0 Å². The topological polar surface area (TPSA) is 63.6 Å². The van der Waals surface area contributed by atoms with Crippen LogP contribution in [0.3, 0.4) is 0 Å². The second-order valence-electron chi connectivity index (χ2n) is 7.64. The number of esters is 2. The van der Waals surface area contributed by atoms with Crippen LogP contribution in [0, 0.1) is 0 Å². The highest BCUT2D eigenvalue weighted by Crippen LogP contribution is 2.13. The standard InChI is InChI=1S/C25H38O4/c1-2-3-4-5-6-7-8-9-10-11-12-13-14-15-16-17-24(27)29-25(28)22-18-20-23(26)21-19-22/h9-10,18-21,26H,2-8,11-17H2,1H3/b10-9-. The van der Waals surface area contributed by atoms with E-state index in [1.54, 1.807) is 0 Å². The lowest BCUT2D eigenvalue weighted by Crippen LogP contribution is -2.12. The van der Waals surface area contributed by atoms with E-state index in [1.165, 1.54) is 82.1 Å². The zero-order valence-electron chi connectivity index (χ0n) is 18.0. The number of hydrogen-bond acceptors (Lipinski definition) is 4. The van der Waals surface area contributed by atoms with Gasteiger partial charge >= 0.3 is 11.9 Å². The van der Waals surface area contributed by atoms with Gasteiger partial charge in [0.15, 0.2) is 0 Å². The average molecular weight is 403 g/mol. The molecule has 0 fully saturated rings. The molecule has 29 heavy (non-hydrogen) atoms. The summed E-state index contributed by atoms with van der Waals surface area (Å²) in [5.41, 5.74) is 0.265. The number of rotatable bonds is 16. The Morgan fingerprint density at radius 3 is 1.90 bits per heavy atom. The van der Waals surface area contributed by atoms with Gasteiger partial charge in [0.1, 0.15) is 5.75 Å². The Balaban J connectivity index is 1.92. The van der Waals surface area contributed by atoms with Crippen molar-refractivity contribution in [2.24, 2.45) is 0 Å². The Kier molecular flexibility index (Phi) is 14.5. The SMILES string of the molecule is CCCCCCCC/C=C\CCCCCCCC(=O)OC(=O)c1ccc(O)cc1. The fourth-order valence-corrected chi connectivity index (χ4v) is 3.15. The Labute approximate surface area is 176 Å². The molecule has 0 saturated carbocycles. The van der Waals surface area contributed by atoms with E-state index in [1.807, 2.05) is 0 Å². The smallest absolute Gasteiger partial charge is 0.345 e. The van der Waals surface area contributed by atoms with Crippen molar-refractivity contribution < 1.29 is 19.4 Å². The molecule has 4 nitrogen and oxygen atoms in total. The number of carbonyl (C=O) groups excluding carboxylic acids is 2. The van der Waals surface area contributed by atoms with Crippen LogP contribution in [0.5, 0.6) is 5.75 Å². The van der Waals surface area contributed by atoms with Crippen molar-refractivity contribution in [2.45, 2.75) is 96.8 Å². The number of phenolic OH excluding ortho intramolecular Hbond substituents is 1. The van der Waals surface area contributed by atoms with E-state index < -0.39 is 11.9 Å². The zero-order chi connectivity index (χ0) is 21.2. The van der Waals surface area contributed by atoms with Crippen molar-refractivity contribution in [2.75, 3.05) is 0 Å². The summed E-state index contributed by atoms with van der Waals surface area (Å²) in [5.74, 6) is -1.08. The molecular formula is C25H38O4. The average Bonchev–Trinajstić information content (AvgIpc) is 2.71. The molecule has 0 heterocycles. The Bertz CT molecular complexity index is 589. The Hall–Kier alpha value is -2.10. The quantitative estimate of drug-likeness (QED) is 0.138. The summed E-state index contributed by atoms with van der Waals surface area (Å²) in [7, 11) is 0. The molecule has 0 aliphatic carbocycles. The number of allylic oxidation sites excluding steroid dienone is 2. The lowest BCUT2D eigenvalue weighted by Gasteiger charge is -2.03. The molecule has 0 amide bonds. The van der Waals surface area contributed by atoms with Crippen LogP contribution in [0.2, 0.25) is 0 Å². The summed E-state index contributed by atoms with van der Waals surface area (Å²) in [6, 6.07) is 5.66. The molecule has 0 unspecified atom stereocenters. The summed E-state index contributed by atoms with van der Waals surface area (Å²) in [4.78, 5) is 23.5. The predicted molar refractivity (Wildman–Crippen MR) is 118 cm³/mol. The highest BCUT2D eigenvalue weighted by atomic mass is 16.6. The number of phenols is 1. The van der Waals surface area contributed by atoms with Crippen molar-refractivity contribution in [1.82, 2.24) is 0 Å². The second kappa shape index (κ2) is 16.8. The molecule has 0 aliphatic rings. The third kappa shape index (κ3) is 13.7. The van der Waals surface area contributed by atoms with Crippen LogP contribution in [0.25, 0.3) is 0 Å². The van der Waals surface area contributed by atoms with Crippen LogP contribution in [-0.2, 0) is 9.53 Å². The molecule has 0 bridgehead atoms. The first-order valence-electron chi connectivity index (χ1n) is 11.3. The summed E-state index contributed by atoms with van der Waals surface area (Å²) in [6.07, 6.45) is 20.5. The second-order valence-corrected chi connectivity index (χ2v) is 7.64. The van der Waals surface area contributed by atoms with E-state index in [0.717, 1.165) is 25.7 Å². The Morgan fingerprint density at radius 2 is 1.31 bits per heavy atom. The van der Waals surface area contributed by atoms with Crippen molar-refractivity contribution in [3.8, 4) is 5.75 Å². The van der Waals surface area contributed by atoms with E-state index in [-0.39, 0.29) is 17.7 Å². The monoisotopic (exact) mass is 402 g/mol. The van der Waals surface area contributed by atoms with Gasteiger partial charge < -0.3 is 9.84 Å². The normalized spacial score (nSPS) is 11.1. The van der Waals surface area contributed by atoms with Crippen molar-refractivity contribution >= 4 is 11.9 Å². The van der Waals surface area contributed by atoms with Crippen molar-refractivity contribution in [3.63, 3.8) is 0 Å². The molecule has 1 aromatic rings. The number of hydrogen-bond donors (Lipinski definition) is 1. The maximum atomic E-state index is 11.8. The van der Waals surface area contributed by atoms with E-state index in [4.69, 9.17) is 4.74 Å². The van der Waals surface area contributed by atoms with Gasteiger partial charge in [0.05, 0.1) is 5.56 Å². The first kappa shape index (κ1) is 24.9. The summed E-state index contributed by atoms with van der Waals surface area (Å²) in [5, 5.41) is 9.20. The van der Waals surface area contributed by atoms with Gasteiger partial charge in [0.25, 0.3) is 0 Å². The van der Waals surface area contributed by atoms with Gasteiger partial charge in [-0.15, -0.1) is 0 Å². The van der Waals surface area contributed by atoms with E-state index in [2.05, 4.69) is 19.1 Å². The minimum Gasteiger partial charge on any atom is -0.508 e. The number of aromatic hydroxyl groups is 1. The summed E-state index contributed by atoms with van der Waals surface area (Å²) in [6.45, 7) is 2.25.